The summed E-state index contributed by atoms with van der Waals surface area (Å²) in [5, 5.41) is 13.1. The molecule has 6 heteroatoms. The minimum atomic E-state index is -0.770. The third-order valence-electron chi connectivity index (χ3n) is 2.85. The van der Waals surface area contributed by atoms with Crippen LogP contribution in [-0.2, 0) is 16.0 Å². The van der Waals surface area contributed by atoms with E-state index in [0.717, 1.165) is 22.1 Å². The second-order valence-corrected chi connectivity index (χ2v) is 5.69. The van der Waals surface area contributed by atoms with Crippen molar-refractivity contribution in [3.05, 3.63) is 10.6 Å². The smallest absolute Gasteiger partial charge is 0.312 e. The molecular formula is C12H18N2O3S. The van der Waals surface area contributed by atoms with E-state index in [-0.39, 0.29) is 6.10 Å². The molecule has 1 aromatic heterocycles. The molecule has 0 saturated heterocycles. The molecule has 1 unspecified atom stereocenters. The molecule has 0 aliphatic heterocycles. The van der Waals surface area contributed by atoms with Crippen molar-refractivity contribution in [1.29, 1.82) is 0 Å². The quantitative estimate of drug-likeness (QED) is 0.774. The van der Waals surface area contributed by atoms with Crippen LogP contribution in [0, 0.1) is 0 Å². The van der Waals surface area contributed by atoms with Gasteiger partial charge in [0, 0.05) is 11.4 Å². The Labute approximate surface area is 110 Å². The van der Waals surface area contributed by atoms with Crippen LogP contribution < -0.4 is 5.32 Å². The molecule has 100 valence electrons. The van der Waals surface area contributed by atoms with Gasteiger partial charge in [-0.1, -0.05) is 0 Å². The summed E-state index contributed by atoms with van der Waals surface area (Å²) in [4.78, 5) is 16.5. The number of aliphatic carboxylic acids is 1. The van der Waals surface area contributed by atoms with E-state index in [1.807, 2.05) is 13.8 Å². The molecule has 1 heterocycles. The molecule has 0 spiro atoms. The molecule has 0 aromatic carbocycles. The van der Waals surface area contributed by atoms with Gasteiger partial charge in [0.15, 0.2) is 5.13 Å². The molecule has 0 radical (unpaired) electrons. The van der Waals surface area contributed by atoms with Crippen LogP contribution in [0.5, 0.6) is 0 Å². The van der Waals surface area contributed by atoms with Crippen molar-refractivity contribution in [2.45, 2.75) is 38.7 Å². The highest BCUT2D eigenvalue weighted by Crippen LogP contribution is 2.38. The molecule has 2 N–H and O–H groups in total. The average Bonchev–Trinajstić information content (AvgIpc) is 2.82. The maximum Gasteiger partial charge on any atom is 0.312 e. The van der Waals surface area contributed by atoms with Crippen molar-refractivity contribution in [2.24, 2.45) is 0 Å². The Hall–Kier alpha value is -1.14. The number of carboxylic acids is 1. The Bertz CT molecular complexity index is 431. The first kappa shape index (κ1) is 13.3. The minimum Gasteiger partial charge on any atom is -0.481 e. The van der Waals surface area contributed by atoms with E-state index in [9.17, 15) is 4.79 Å². The summed E-state index contributed by atoms with van der Waals surface area (Å²) in [5.41, 5.74) is 0.750. The second-order valence-electron chi connectivity index (χ2n) is 4.60. The fourth-order valence-electron chi connectivity index (χ4n) is 2.00. The number of aromatic nitrogens is 1. The van der Waals surface area contributed by atoms with E-state index in [0.29, 0.717) is 19.6 Å². The Balaban J connectivity index is 1.89. The van der Waals surface area contributed by atoms with Crippen molar-refractivity contribution in [3.63, 3.8) is 0 Å². The van der Waals surface area contributed by atoms with Crippen LogP contribution in [0.1, 0.15) is 36.8 Å². The summed E-state index contributed by atoms with van der Waals surface area (Å²) in [6.45, 7) is 5.32. The summed E-state index contributed by atoms with van der Waals surface area (Å²) in [5.74, 6) is -1.19. The number of fused-ring (bicyclic) bond motifs is 1. The zero-order valence-electron chi connectivity index (χ0n) is 10.6. The van der Waals surface area contributed by atoms with Crippen LogP contribution in [0.3, 0.4) is 0 Å². The molecular weight excluding hydrogens is 252 g/mol. The zero-order valence-corrected chi connectivity index (χ0v) is 11.4. The first-order chi connectivity index (χ1) is 8.58. The van der Waals surface area contributed by atoms with E-state index in [1.54, 1.807) is 11.3 Å². The lowest BCUT2D eigenvalue weighted by molar-refractivity contribution is -0.138. The van der Waals surface area contributed by atoms with Gasteiger partial charge in [0.1, 0.15) is 5.92 Å². The summed E-state index contributed by atoms with van der Waals surface area (Å²) in [6.07, 6.45) is 1.73. The van der Waals surface area contributed by atoms with E-state index < -0.39 is 11.9 Å². The summed E-state index contributed by atoms with van der Waals surface area (Å²) in [6, 6.07) is 0. The Morgan fingerprint density at radius 3 is 3.11 bits per heavy atom. The molecule has 1 atom stereocenters. The van der Waals surface area contributed by atoms with Crippen LogP contribution >= 0.6 is 11.3 Å². The van der Waals surface area contributed by atoms with Gasteiger partial charge in [-0.15, -0.1) is 11.3 Å². The van der Waals surface area contributed by atoms with Crippen molar-refractivity contribution in [2.75, 3.05) is 18.5 Å². The fourth-order valence-corrected chi connectivity index (χ4v) is 3.06. The van der Waals surface area contributed by atoms with Crippen LogP contribution in [0.15, 0.2) is 0 Å². The third kappa shape index (κ3) is 3.00. The molecule has 0 bridgehead atoms. The fraction of sp³-hybridized carbons (Fsp3) is 0.667. The number of aryl methyl sites for hydroxylation is 1. The topological polar surface area (TPSA) is 71.5 Å². The van der Waals surface area contributed by atoms with Crippen molar-refractivity contribution < 1.29 is 14.6 Å². The molecule has 2 rings (SSSR count). The number of carboxylic acid groups (broad SMARTS) is 1. The number of hydrogen-bond donors (Lipinski definition) is 2. The molecule has 5 nitrogen and oxygen atoms in total. The maximum absolute atomic E-state index is 11.0. The number of hydrogen-bond acceptors (Lipinski definition) is 5. The lowest BCUT2D eigenvalue weighted by Gasteiger charge is -2.07. The van der Waals surface area contributed by atoms with Gasteiger partial charge in [-0.3, -0.25) is 4.79 Å². The first-order valence-corrected chi connectivity index (χ1v) is 6.97. The van der Waals surface area contributed by atoms with Gasteiger partial charge < -0.3 is 15.2 Å². The number of ether oxygens (including phenoxy) is 1. The maximum atomic E-state index is 11.0. The van der Waals surface area contributed by atoms with Crippen LogP contribution in [0.4, 0.5) is 5.13 Å². The molecule has 1 aliphatic carbocycles. The lowest BCUT2D eigenvalue weighted by Crippen LogP contribution is -2.13. The van der Waals surface area contributed by atoms with Gasteiger partial charge in [0.2, 0.25) is 0 Å². The van der Waals surface area contributed by atoms with E-state index >= 15 is 0 Å². The SMILES string of the molecule is CC(C)OCCNc1nc2c(s1)CCC2C(=O)O. The van der Waals surface area contributed by atoms with Crippen molar-refractivity contribution in [3.8, 4) is 0 Å². The Kier molecular flexibility index (Phi) is 4.19. The van der Waals surface area contributed by atoms with Gasteiger partial charge in [-0.2, -0.15) is 0 Å². The van der Waals surface area contributed by atoms with Crippen LogP contribution in [0.25, 0.3) is 0 Å². The predicted molar refractivity (Wildman–Crippen MR) is 70.4 cm³/mol. The molecule has 18 heavy (non-hydrogen) atoms. The highest BCUT2D eigenvalue weighted by atomic mass is 32.1. The predicted octanol–water partition coefficient (Wildman–Crippen LogP) is 2.09. The highest BCUT2D eigenvalue weighted by molar-refractivity contribution is 7.15. The number of rotatable bonds is 6. The summed E-state index contributed by atoms with van der Waals surface area (Å²) in [7, 11) is 0. The number of nitrogens with one attached hydrogen (secondary N) is 1. The number of nitrogens with zero attached hydrogens (tertiary/aromatic N) is 1. The third-order valence-corrected chi connectivity index (χ3v) is 3.93. The van der Waals surface area contributed by atoms with Gasteiger partial charge in [0.25, 0.3) is 0 Å². The molecule has 0 fully saturated rings. The normalized spacial score (nSPS) is 18.1. The van der Waals surface area contributed by atoms with Crippen LogP contribution in [-0.4, -0.2) is 35.3 Å². The summed E-state index contributed by atoms with van der Waals surface area (Å²) >= 11 is 1.56. The van der Waals surface area contributed by atoms with Gasteiger partial charge in [-0.25, -0.2) is 4.98 Å². The summed E-state index contributed by atoms with van der Waals surface area (Å²) < 4.78 is 5.42. The minimum absolute atomic E-state index is 0.226. The van der Waals surface area contributed by atoms with E-state index in [1.165, 1.54) is 0 Å². The lowest BCUT2D eigenvalue weighted by atomic mass is 10.1. The largest absolute Gasteiger partial charge is 0.481 e. The molecule has 0 saturated carbocycles. The molecule has 1 aromatic rings. The first-order valence-electron chi connectivity index (χ1n) is 6.15. The number of anilines is 1. The average molecular weight is 270 g/mol. The Morgan fingerprint density at radius 2 is 2.44 bits per heavy atom. The highest BCUT2D eigenvalue weighted by Gasteiger charge is 2.32. The van der Waals surface area contributed by atoms with E-state index in [2.05, 4.69) is 10.3 Å². The zero-order chi connectivity index (χ0) is 13.1. The number of carbonyl (C=O) groups is 1. The Morgan fingerprint density at radius 1 is 1.67 bits per heavy atom. The van der Waals surface area contributed by atoms with Gasteiger partial charge >= 0.3 is 5.97 Å². The van der Waals surface area contributed by atoms with Crippen LogP contribution in [0.2, 0.25) is 0 Å². The van der Waals surface area contributed by atoms with E-state index in [4.69, 9.17) is 9.84 Å². The van der Waals surface area contributed by atoms with Gasteiger partial charge in [-0.05, 0) is 26.7 Å². The molecule has 1 aliphatic rings. The molecule has 0 amide bonds. The van der Waals surface area contributed by atoms with Crippen molar-refractivity contribution in [1.82, 2.24) is 4.98 Å². The second kappa shape index (κ2) is 5.67. The standard InChI is InChI=1S/C12H18N2O3S/c1-7(2)17-6-5-13-12-14-10-8(11(15)16)3-4-9(10)18-12/h7-8H,3-6H2,1-2H3,(H,13,14)(H,15,16). The van der Waals surface area contributed by atoms with Gasteiger partial charge in [0.05, 0.1) is 18.4 Å². The number of thiazole rings is 1. The monoisotopic (exact) mass is 270 g/mol. The van der Waals surface area contributed by atoms with Crippen molar-refractivity contribution >= 4 is 22.4 Å².